The molecular weight excluding hydrogens is 292 g/mol. The average Bonchev–Trinajstić information content (AvgIpc) is 2.89. The van der Waals surface area contributed by atoms with E-state index in [0.717, 1.165) is 11.3 Å². The van der Waals surface area contributed by atoms with Crippen LogP contribution < -0.4 is 20.7 Å². The molecule has 0 aliphatic rings. The standard InChI is InChI=1S/C14H19ClN4O2/c1-4-19-14(11(15)8-17-19)13(18-16)10-7-9(20-2)5-6-12(10)21-3/h5-8,13,18H,4,16H2,1-3H3. The second-order valence-electron chi connectivity index (χ2n) is 4.40. The SMILES string of the molecule is CCn1ncc(Cl)c1C(NN)c1cc(OC)ccc1OC. The van der Waals surface area contributed by atoms with Gasteiger partial charge in [-0.05, 0) is 25.1 Å². The van der Waals surface area contributed by atoms with Gasteiger partial charge in [0.05, 0.1) is 37.2 Å². The van der Waals surface area contributed by atoms with Gasteiger partial charge in [0.15, 0.2) is 0 Å². The lowest BCUT2D eigenvalue weighted by Crippen LogP contribution is -2.31. The van der Waals surface area contributed by atoms with Gasteiger partial charge in [-0.2, -0.15) is 5.10 Å². The van der Waals surface area contributed by atoms with Crippen LogP contribution in [0.5, 0.6) is 11.5 Å². The maximum absolute atomic E-state index is 6.27. The highest BCUT2D eigenvalue weighted by molar-refractivity contribution is 6.31. The monoisotopic (exact) mass is 310 g/mol. The summed E-state index contributed by atoms with van der Waals surface area (Å²) in [4.78, 5) is 0. The molecule has 0 saturated heterocycles. The number of aryl methyl sites for hydroxylation is 1. The number of methoxy groups -OCH3 is 2. The third kappa shape index (κ3) is 2.97. The summed E-state index contributed by atoms with van der Waals surface area (Å²) in [6.45, 7) is 2.68. The number of nitrogens with zero attached hydrogens (tertiary/aromatic N) is 2. The highest BCUT2D eigenvalue weighted by Crippen LogP contribution is 2.35. The van der Waals surface area contributed by atoms with Crippen molar-refractivity contribution in [3.05, 3.63) is 40.7 Å². The molecule has 114 valence electrons. The molecule has 21 heavy (non-hydrogen) atoms. The van der Waals surface area contributed by atoms with Gasteiger partial charge in [0.2, 0.25) is 0 Å². The van der Waals surface area contributed by atoms with E-state index in [2.05, 4.69) is 10.5 Å². The van der Waals surface area contributed by atoms with Crippen molar-refractivity contribution in [1.29, 1.82) is 0 Å². The summed E-state index contributed by atoms with van der Waals surface area (Å²) >= 11 is 6.27. The Bertz CT molecular complexity index is 615. The number of hydrogen-bond donors (Lipinski definition) is 2. The van der Waals surface area contributed by atoms with Gasteiger partial charge in [0.25, 0.3) is 0 Å². The maximum Gasteiger partial charge on any atom is 0.124 e. The second kappa shape index (κ2) is 6.80. The van der Waals surface area contributed by atoms with Crippen LogP contribution in [-0.4, -0.2) is 24.0 Å². The molecule has 1 heterocycles. The molecule has 0 fully saturated rings. The Labute approximate surface area is 128 Å². The van der Waals surface area contributed by atoms with E-state index >= 15 is 0 Å². The molecule has 0 aliphatic carbocycles. The summed E-state index contributed by atoms with van der Waals surface area (Å²) < 4.78 is 12.5. The summed E-state index contributed by atoms with van der Waals surface area (Å²) in [5.74, 6) is 7.16. The van der Waals surface area contributed by atoms with Crippen LogP contribution in [0.2, 0.25) is 5.02 Å². The Kier molecular flexibility index (Phi) is 5.06. The van der Waals surface area contributed by atoms with Crippen molar-refractivity contribution in [3.8, 4) is 11.5 Å². The maximum atomic E-state index is 6.27. The molecule has 0 spiro atoms. The Balaban J connectivity index is 2.57. The van der Waals surface area contributed by atoms with Crippen molar-refractivity contribution < 1.29 is 9.47 Å². The third-order valence-corrected chi connectivity index (χ3v) is 3.61. The molecule has 0 aliphatic heterocycles. The van der Waals surface area contributed by atoms with E-state index in [0.29, 0.717) is 23.1 Å². The first-order chi connectivity index (χ1) is 10.2. The fourth-order valence-electron chi connectivity index (χ4n) is 2.29. The minimum atomic E-state index is -0.356. The van der Waals surface area contributed by atoms with Crippen LogP contribution in [-0.2, 0) is 6.54 Å². The Morgan fingerprint density at radius 2 is 2.14 bits per heavy atom. The van der Waals surface area contributed by atoms with E-state index in [1.807, 2.05) is 25.1 Å². The number of rotatable bonds is 6. The van der Waals surface area contributed by atoms with Gasteiger partial charge < -0.3 is 9.47 Å². The number of hydrogen-bond acceptors (Lipinski definition) is 5. The zero-order valence-corrected chi connectivity index (χ0v) is 13.0. The Hall–Kier alpha value is -1.76. The second-order valence-corrected chi connectivity index (χ2v) is 4.81. The first-order valence-corrected chi connectivity index (χ1v) is 6.93. The molecule has 0 saturated carbocycles. The molecular formula is C14H19ClN4O2. The van der Waals surface area contributed by atoms with Crippen molar-refractivity contribution in [2.24, 2.45) is 5.84 Å². The van der Waals surface area contributed by atoms with Gasteiger partial charge in [-0.25, -0.2) is 5.43 Å². The number of nitrogens with two attached hydrogens (primary N) is 1. The molecule has 7 heteroatoms. The van der Waals surface area contributed by atoms with Crippen LogP contribution in [0.25, 0.3) is 0 Å². The van der Waals surface area contributed by atoms with Crippen LogP contribution in [0.1, 0.15) is 24.2 Å². The largest absolute Gasteiger partial charge is 0.497 e. The zero-order chi connectivity index (χ0) is 15.4. The number of halogens is 1. The Morgan fingerprint density at radius 3 is 2.71 bits per heavy atom. The molecule has 2 rings (SSSR count). The summed E-state index contributed by atoms with van der Waals surface area (Å²) in [5, 5.41) is 4.79. The van der Waals surface area contributed by atoms with Crippen molar-refractivity contribution >= 4 is 11.6 Å². The van der Waals surface area contributed by atoms with Crippen LogP contribution in [0.15, 0.2) is 24.4 Å². The summed E-state index contributed by atoms with van der Waals surface area (Å²) in [6.07, 6.45) is 1.61. The first kappa shape index (κ1) is 15.6. The lowest BCUT2D eigenvalue weighted by Gasteiger charge is -2.21. The predicted molar refractivity (Wildman–Crippen MR) is 81.6 cm³/mol. The topological polar surface area (TPSA) is 74.3 Å². The summed E-state index contributed by atoms with van der Waals surface area (Å²) in [6, 6.07) is 5.17. The van der Waals surface area contributed by atoms with Gasteiger partial charge in [0.1, 0.15) is 11.5 Å². The Morgan fingerprint density at radius 1 is 1.38 bits per heavy atom. The molecule has 0 bridgehead atoms. The molecule has 1 aromatic heterocycles. The van der Waals surface area contributed by atoms with Gasteiger partial charge in [0, 0.05) is 12.1 Å². The minimum Gasteiger partial charge on any atom is -0.497 e. The number of benzene rings is 1. The lowest BCUT2D eigenvalue weighted by atomic mass is 10.0. The van der Waals surface area contributed by atoms with Crippen molar-refractivity contribution in [1.82, 2.24) is 15.2 Å². The predicted octanol–water partition coefficient (Wildman–Crippen LogP) is 2.13. The fourth-order valence-corrected chi connectivity index (χ4v) is 2.54. The lowest BCUT2D eigenvalue weighted by molar-refractivity contribution is 0.392. The van der Waals surface area contributed by atoms with Gasteiger partial charge in [-0.1, -0.05) is 11.6 Å². The van der Waals surface area contributed by atoms with E-state index in [-0.39, 0.29) is 6.04 Å². The van der Waals surface area contributed by atoms with Crippen molar-refractivity contribution in [2.75, 3.05) is 14.2 Å². The normalized spacial score (nSPS) is 12.2. The highest BCUT2D eigenvalue weighted by Gasteiger charge is 2.24. The molecule has 2 aromatic rings. The van der Waals surface area contributed by atoms with E-state index in [1.54, 1.807) is 25.1 Å². The minimum absolute atomic E-state index is 0.356. The number of ether oxygens (including phenoxy) is 2. The molecule has 0 amide bonds. The van der Waals surface area contributed by atoms with E-state index < -0.39 is 0 Å². The molecule has 1 unspecified atom stereocenters. The summed E-state index contributed by atoms with van der Waals surface area (Å²) in [7, 11) is 3.22. The molecule has 1 atom stereocenters. The third-order valence-electron chi connectivity index (χ3n) is 3.32. The van der Waals surface area contributed by atoms with Crippen LogP contribution in [0, 0.1) is 0 Å². The van der Waals surface area contributed by atoms with Crippen molar-refractivity contribution in [2.45, 2.75) is 19.5 Å². The smallest absolute Gasteiger partial charge is 0.124 e. The van der Waals surface area contributed by atoms with E-state index in [9.17, 15) is 0 Å². The number of aromatic nitrogens is 2. The quantitative estimate of drug-likeness (QED) is 0.631. The molecule has 0 radical (unpaired) electrons. The van der Waals surface area contributed by atoms with Gasteiger partial charge in [-0.15, -0.1) is 0 Å². The molecule has 3 N–H and O–H groups in total. The fraction of sp³-hybridized carbons (Fsp3) is 0.357. The average molecular weight is 311 g/mol. The summed E-state index contributed by atoms with van der Waals surface area (Å²) in [5.41, 5.74) is 4.40. The highest BCUT2D eigenvalue weighted by atomic mass is 35.5. The molecule has 6 nitrogen and oxygen atoms in total. The van der Waals surface area contributed by atoms with E-state index in [4.69, 9.17) is 26.9 Å². The van der Waals surface area contributed by atoms with Crippen LogP contribution in [0.4, 0.5) is 0 Å². The molecule has 1 aromatic carbocycles. The van der Waals surface area contributed by atoms with Gasteiger partial charge in [-0.3, -0.25) is 10.5 Å². The van der Waals surface area contributed by atoms with Gasteiger partial charge >= 0.3 is 0 Å². The zero-order valence-electron chi connectivity index (χ0n) is 12.3. The van der Waals surface area contributed by atoms with E-state index in [1.165, 1.54) is 0 Å². The number of nitrogens with one attached hydrogen (secondary N) is 1. The van der Waals surface area contributed by atoms with Crippen LogP contribution >= 0.6 is 11.6 Å². The number of hydrazine groups is 1. The first-order valence-electron chi connectivity index (χ1n) is 6.55. The van der Waals surface area contributed by atoms with Crippen molar-refractivity contribution in [3.63, 3.8) is 0 Å². The van der Waals surface area contributed by atoms with Crippen LogP contribution in [0.3, 0.4) is 0 Å².